The molecule has 1 fully saturated rings. The van der Waals surface area contributed by atoms with Crippen molar-refractivity contribution in [3.05, 3.63) is 35.2 Å². The minimum absolute atomic E-state index is 0.0337. The van der Waals surface area contributed by atoms with Crippen LogP contribution in [0.15, 0.2) is 30.3 Å². The molecule has 1 saturated heterocycles. The zero-order chi connectivity index (χ0) is 16.2. The number of nitrogens with zero attached hydrogens (tertiary/aromatic N) is 1. The summed E-state index contributed by atoms with van der Waals surface area (Å²) in [6, 6.07) is 9.83. The number of hydrogen-bond acceptors (Lipinski definition) is 4. The Labute approximate surface area is 138 Å². The Balaban J connectivity index is 1.84. The highest BCUT2D eigenvalue weighted by Crippen LogP contribution is 2.28. The fraction of sp³-hybridized carbons (Fsp3) is 0.412. The number of amides is 1. The van der Waals surface area contributed by atoms with Crippen LogP contribution in [0.4, 0.5) is 0 Å². The normalized spacial score (nSPS) is 15.7. The zero-order valence-corrected chi connectivity index (χ0v) is 13.6. The van der Waals surface area contributed by atoms with Gasteiger partial charge in [-0.3, -0.25) is 9.59 Å². The minimum atomic E-state index is -0.883. The highest BCUT2D eigenvalue weighted by atomic mass is 32.1. The van der Waals surface area contributed by atoms with Gasteiger partial charge in [0.1, 0.15) is 0 Å². The average Bonchev–Trinajstić information content (AvgIpc) is 2.99. The maximum absolute atomic E-state index is 12.9. The largest absolute Gasteiger partial charge is 0.481 e. The fourth-order valence-corrected chi connectivity index (χ4v) is 3.91. The van der Waals surface area contributed by atoms with E-state index >= 15 is 0 Å². The van der Waals surface area contributed by atoms with Crippen LogP contribution in [0.25, 0.3) is 10.1 Å². The van der Waals surface area contributed by atoms with Gasteiger partial charge in [0.15, 0.2) is 0 Å². The van der Waals surface area contributed by atoms with Crippen LogP contribution in [0.1, 0.15) is 28.9 Å². The summed E-state index contributed by atoms with van der Waals surface area (Å²) >= 11 is 1.46. The Kier molecular flexibility index (Phi) is 4.93. The molecule has 1 aliphatic heterocycles. The van der Waals surface area contributed by atoms with Gasteiger partial charge in [0.2, 0.25) is 0 Å². The molecule has 3 rings (SSSR count). The van der Waals surface area contributed by atoms with E-state index in [-0.39, 0.29) is 24.9 Å². The lowest BCUT2D eigenvalue weighted by molar-refractivity contribution is -0.137. The Morgan fingerprint density at radius 3 is 2.70 bits per heavy atom. The van der Waals surface area contributed by atoms with E-state index < -0.39 is 5.97 Å². The second-order valence-corrected chi connectivity index (χ2v) is 6.72. The molecule has 1 amide bonds. The number of carbonyl (C=O) groups excluding carboxylic acids is 1. The van der Waals surface area contributed by atoms with E-state index in [1.54, 1.807) is 4.90 Å². The Bertz CT molecular complexity index is 672. The molecule has 2 aromatic rings. The van der Waals surface area contributed by atoms with Gasteiger partial charge in [-0.2, -0.15) is 0 Å². The number of ether oxygens (including phenoxy) is 1. The van der Waals surface area contributed by atoms with Crippen molar-refractivity contribution in [1.29, 1.82) is 0 Å². The molecule has 1 aromatic carbocycles. The quantitative estimate of drug-likeness (QED) is 0.913. The van der Waals surface area contributed by atoms with E-state index in [9.17, 15) is 9.59 Å². The molecule has 5 nitrogen and oxygen atoms in total. The molecule has 0 bridgehead atoms. The number of fused-ring (bicyclic) bond motifs is 1. The molecule has 0 radical (unpaired) electrons. The van der Waals surface area contributed by atoms with E-state index in [0.29, 0.717) is 18.1 Å². The molecule has 23 heavy (non-hydrogen) atoms. The van der Waals surface area contributed by atoms with Gasteiger partial charge in [0.25, 0.3) is 5.91 Å². The van der Waals surface area contributed by atoms with Crippen molar-refractivity contribution < 1.29 is 19.4 Å². The molecule has 2 heterocycles. The van der Waals surface area contributed by atoms with E-state index in [1.165, 1.54) is 11.3 Å². The molecule has 0 aliphatic carbocycles. The Morgan fingerprint density at radius 2 is 2.00 bits per heavy atom. The fourth-order valence-electron chi connectivity index (χ4n) is 2.89. The summed E-state index contributed by atoms with van der Waals surface area (Å²) in [5, 5.41) is 10.0. The average molecular weight is 333 g/mol. The van der Waals surface area contributed by atoms with Crippen molar-refractivity contribution in [2.24, 2.45) is 0 Å². The number of aliphatic carboxylic acids is 1. The van der Waals surface area contributed by atoms with Crippen molar-refractivity contribution in [2.75, 3.05) is 19.8 Å². The number of carboxylic acid groups (broad SMARTS) is 1. The van der Waals surface area contributed by atoms with E-state index in [1.807, 2.05) is 30.3 Å². The molecule has 0 unspecified atom stereocenters. The van der Waals surface area contributed by atoms with Gasteiger partial charge in [-0.25, -0.2) is 0 Å². The first-order valence-corrected chi connectivity index (χ1v) is 8.56. The number of hydrogen-bond donors (Lipinski definition) is 1. The lowest BCUT2D eigenvalue weighted by Crippen LogP contribution is -2.44. The van der Waals surface area contributed by atoms with Gasteiger partial charge in [-0.05, 0) is 30.4 Å². The van der Waals surface area contributed by atoms with E-state index in [4.69, 9.17) is 9.84 Å². The molecule has 0 saturated carbocycles. The summed E-state index contributed by atoms with van der Waals surface area (Å²) < 4.78 is 6.43. The Morgan fingerprint density at radius 1 is 1.26 bits per heavy atom. The van der Waals surface area contributed by atoms with Crippen molar-refractivity contribution in [1.82, 2.24) is 4.90 Å². The molecular formula is C17H19NO4S. The maximum Gasteiger partial charge on any atom is 0.305 e. The number of thiophene rings is 1. The summed E-state index contributed by atoms with van der Waals surface area (Å²) in [5.74, 6) is -0.953. The van der Waals surface area contributed by atoms with Crippen LogP contribution in [0.2, 0.25) is 0 Å². The SMILES string of the molecule is O=C(O)CCN(C(=O)c1cc2ccccc2s1)C1CCOCC1. The standard InChI is InChI=1S/C17H19NO4S/c19-16(20)5-8-18(13-6-9-22-10-7-13)17(21)15-11-12-3-1-2-4-14(12)23-15/h1-4,11,13H,5-10H2,(H,19,20). The lowest BCUT2D eigenvalue weighted by Gasteiger charge is -2.33. The van der Waals surface area contributed by atoms with Crippen LogP contribution >= 0.6 is 11.3 Å². The van der Waals surface area contributed by atoms with Crippen molar-refractivity contribution in [2.45, 2.75) is 25.3 Å². The zero-order valence-electron chi connectivity index (χ0n) is 12.7. The molecule has 0 spiro atoms. The van der Waals surface area contributed by atoms with Crippen LogP contribution in [0.3, 0.4) is 0 Å². The number of carbonyl (C=O) groups is 2. The van der Waals surface area contributed by atoms with Crippen molar-refractivity contribution in [3.63, 3.8) is 0 Å². The van der Waals surface area contributed by atoms with Crippen LogP contribution < -0.4 is 0 Å². The maximum atomic E-state index is 12.9. The summed E-state index contributed by atoms with van der Waals surface area (Å²) in [4.78, 5) is 26.2. The molecule has 122 valence electrons. The number of rotatable bonds is 5. The summed E-state index contributed by atoms with van der Waals surface area (Å²) in [7, 11) is 0. The smallest absolute Gasteiger partial charge is 0.305 e. The van der Waals surface area contributed by atoms with Gasteiger partial charge in [0, 0.05) is 30.5 Å². The van der Waals surface area contributed by atoms with Crippen LogP contribution in [0.5, 0.6) is 0 Å². The van der Waals surface area contributed by atoms with Gasteiger partial charge in [-0.1, -0.05) is 18.2 Å². The molecule has 0 atom stereocenters. The summed E-state index contributed by atoms with van der Waals surface area (Å²) in [5.41, 5.74) is 0. The lowest BCUT2D eigenvalue weighted by atomic mass is 10.1. The van der Waals surface area contributed by atoms with Crippen LogP contribution in [0, 0.1) is 0 Å². The second-order valence-electron chi connectivity index (χ2n) is 5.63. The summed E-state index contributed by atoms with van der Waals surface area (Å²) in [6.45, 7) is 1.48. The predicted molar refractivity (Wildman–Crippen MR) is 89.0 cm³/mol. The van der Waals surface area contributed by atoms with Crippen molar-refractivity contribution >= 4 is 33.3 Å². The van der Waals surface area contributed by atoms with Gasteiger partial charge in [-0.15, -0.1) is 11.3 Å². The molecule has 1 N–H and O–H groups in total. The molecule has 6 heteroatoms. The van der Waals surface area contributed by atoms with E-state index in [2.05, 4.69) is 0 Å². The first-order chi connectivity index (χ1) is 11.1. The van der Waals surface area contributed by atoms with Gasteiger partial charge >= 0.3 is 5.97 Å². The topological polar surface area (TPSA) is 66.8 Å². The third kappa shape index (κ3) is 3.71. The number of carboxylic acids is 1. The third-order valence-electron chi connectivity index (χ3n) is 4.10. The number of benzene rings is 1. The van der Waals surface area contributed by atoms with E-state index in [0.717, 1.165) is 22.9 Å². The predicted octanol–water partition coefficient (Wildman–Crippen LogP) is 3.00. The van der Waals surface area contributed by atoms with Crippen LogP contribution in [-0.4, -0.2) is 47.7 Å². The Hall–Kier alpha value is -1.92. The van der Waals surface area contributed by atoms with Gasteiger partial charge < -0.3 is 14.7 Å². The molecular weight excluding hydrogens is 314 g/mol. The van der Waals surface area contributed by atoms with Gasteiger partial charge in [0.05, 0.1) is 11.3 Å². The first-order valence-electron chi connectivity index (χ1n) is 7.74. The minimum Gasteiger partial charge on any atom is -0.481 e. The van der Waals surface area contributed by atoms with Crippen molar-refractivity contribution in [3.8, 4) is 0 Å². The monoisotopic (exact) mass is 333 g/mol. The van der Waals surface area contributed by atoms with Crippen LogP contribution in [-0.2, 0) is 9.53 Å². The third-order valence-corrected chi connectivity index (χ3v) is 5.20. The molecule has 1 aliphatic rings. The summed E-state index contributed by atoms with van der Waals surface area (Å²) in [6.07, 6.45) is 1.49. The highest BCUT2D eigenvalue weighted by molar-refractivity contribution is 7.20. The highest BCUT2D eigenvalue weighted by Gasteiger charge is 2.28. The second kappa shape index (κ2) is 7.10. The first kappa shape index (κ1) is 16.0. The molecule has 1 aromatic heterocycles.